The summed E-state index contributed by atoms with van der Waals surface area (Å²) in [5.41, 5.74) is 3.14. The Hall–Kier alpha value is -1.15. The fourth-order valence-corrected chi connectivity index (χ4v) is 1.15. The standard InChI is InChI=1S/C10H13NO.C2H6/c1-8-3-4-9(7-12)5-10(8)6-11-2;1-2/h3-5,7,11H,6H2,1-2H3;1-2H3. The highest BCUT2D eigenvalue weighted by molar-refractivity contribution is 5.75. The van der Waals surface area contributed by atoms with E-state index in [9.17, 15) is 4.79 Å². The van der Waals surface area contributed by atoms with Gasteiger partial charge in [-0.05, 0) is 31.2 Å². The highest BCUT2D eigenvalue weighted by Gasteiger charge is 1.97. The van der Waals surface area contributed by atoms with Gasteiger partial charge in [0.1, 0.15) is 6.29 Å². The van der Waals surface area contributed by atoms with Crippen LogP contribution in [0.2, 0.25) is 0 Å². The molecule has 2 nitrogen and oxygen atoms in total. The predicted molar refractivity (Wildman–Crippen MR) is 60.7 cm³/mol. The number of hydrogen-bond donors (Lipinski definition) is 1. The molecule has 0 amide bonds. The Morgan fingerprint density at radius 1 is 1.36 bits per heavy atom. The van der Waals surface area contributed by atoms with Crippen LogP contribution in [-0.4, -0.2) is 13.3 Å². The molecule has 0 radical (unpaired) electrons. The van der Waals surface area contributed by atoms with Crippen LogP contribution in [-0.2, 0) is 6.54 Å². The van der Waals surface area contributed by atoms with Gasteiger partial charge in [-0.15, -0.1) is 0 Å². The van der Waals surface area contributed by atoms with Crippen LogP contribution in [0.1, 0.15) is 35.3 Å². The lowest BCUT2D eigenvalue weighted by molar-refractivity contribution is 0.112. The Balaban J connectivity index is 0.000000791. The molecule has 0 saturated carbocycles. The molecule has 0 spiro atoms. The number of hydrogen-bond acceptors (Lipinski definition) is 2. The Bertz CT molecular complexity index is 282. The minimum atomic E-state index is 0.742. The Labute approximate surface area is 86.3 Å². The van der Waals surface area contributed by atoms with E-state index in [4.69, 9.17) is 0 Å². The fraction of sp³-hybridized carbons (Fsp3) is 0.417. The number of carbonyl (C=O) groups is 1. The summed E-state index contributed by atoms with van der Waals surface area (Å²) in [6.07, 6.45) is 0.874. The zero-order valence-electron chi connectivity index (χ0n) is 9.42. The number of nitrogens with one attached hydrogen (secondary N) is 1. The molecule has 0 aliphatic rings. The summed E-state index contributed by atoms with van der Waals surface area (Å²) < 4.78 is 0. The molecule has 1 N–H and O–H groups in total. The summed E-state index contributed by atoms with van der Waals surface area (Å²) >= 11 is 0. The molecule has 0 bridgehead atoms. The van der Waals surface area contributed by atoms with E-state index in [1.165, 1.54) is 11.1 Å². The molecule has 1 rings (SSSR count). The molecule has 2 heteroatoms. The van der Waals surface area contributed by atoms with Crippen LogP contribution in [0.4, 0.5) is 0 Å². The molecule has 0 aliphatic carbocycles. The second kappa shape index (κ2) is 7.27. The van der Waals surface area contributed by atoms with Crippen molar-refractivity contribution < 1.29 is 4.79 Å². The molecule has 0 unspecified atom stereocenters. The first kappa shape index (κ1) is 12.8. The lowest BCUT2D eigenvalue weighted by Crippen LogP contribution is -2.06. The van der Waals surface area contributed by atoms with Crippen molar-refractivity contribution >= 4 is 6.29 Å². The summed E-state index contributed by atoms with van der Waals surface area (Å²) in [6, 6.07) is 5.72. The summed E-state index contributed by atoms with van der Waals surface area (Å²) in [6.45, 7) is 6.86. The molecule has 1 aromatic rings. The number of benzene rings is 1. The van der Waals surface area contributed by atoms with E-state index in [-0.39, 0.29) is 0 Å². The first-order valence-corrected chi connectivity index (χ1v) is 4.97. The molecule has 0 aromatic heterocycles. The lowest BCUT2D eigenvalue weighted by atomic mass is 10.1. The summed E-state index contributed by atoms with van der Waals surface area (Å²) in [5.74, 6) is 0. The topological polar surface area (TPSA) is 29.1 Å². The van der Waals surface area contributed by atoms with E-state index in [1.54, 1.807) is 0 Å². The molecule has 0 saturated heterocycles. The Morgan fingerprint density at radius 3 is 2.50 bits per heavy atom. The van der Waals surface area contributed by atoms with Crippen LogP contribution >= 0.6 is 0 Å². The zero-order chi connectivity index (χ0) is 11.0. The van der Waals surface area contributed by atoms with Crippen molar-refractivity contribution in [1.82, 2.24) is 5.32 Å². The van der Waals surface area contributed by atoms with Crippen molar-refractivity contribution in [3.05, 3.63) is 34.9 Å². The molecule has 0 atom stereocenters. The highest BCUT2D eigenvalue weighted by Crippen LogP contribution is 2.09. The van der Waals surface area contributed by atoms with Crippen molar-refractivity contribution in [3.8, 4) is 0 Å². The van der Waals surface area contributed by atoms with Crippen LogP contribution in [0, 0.1) is 6.92 Å². The molecular weight excluding hydrogens is 174 g/mol. The highest BCUT2D eigenvalue weighted by atomic mass is 16.1. The van der Waals surface area contributed by atoms with Crippen LogP contribution in [0.3, 0.4) is 0 Å². The van der Waals surface area contributed by atoms with Gasteiger partial charge in [0, 0.05) is 12.1 Å². The minimum absolute atomic E-state index is 0.742. The van der Waals surface area contributed by atoms with E-state index in [0.717, 1.165) is 18.4 Å². The van der Waals surface area contributed by atoms with Gasteiger partial charge < -0.3 is 5.32 Å². The van der Waals surface area contributed by atoms with Gasteiger partial charge >= 0.3 is 0 Å². The van der Waals surface area contributed by atoms with Crippen molar-refractivity contribution in [2.75, 3.05) is 7.05 Å². The van der Waals surface area contributed by atoms with Gasteiger partial charge in [-0.25, -0.2) is 0 Å². The van der Waals surface area contributed by atoms with E-state index >= 15 is 0 Å². The quantitative estimate of drug-likeness (QED) is 0.747. The van der Waals surface area contributed by atoms with Crippen LogP contribution in [0.5, 0.6) is 0 Å². The Morgan fingerprint density at radius 2 is 2.00 bits per heavy atom. The van der Waals surface area contributed by atoms with Crippen LogP contribution in [0.25, 0.3) is 0 Å². The molecule has 0 heterocycles. The van der Waals surface area contributed by atoms with Crippen molar-refractivity contribution in [2.24, 2.45) is 0 Å². The van der Waals surface area contributed by atoms with E-state index in [1.807, 2.05) is 46.0 Å². The fourth-order valence-electron chi connectivity index (χ4n) is 1.15. The number of carbonyl (C=O) groups excluding carboxylic acids is 1. The number of rotatable bonds is 3. The third kappa shape index (κ3) is 3.71. The third-order valence-corrected chi connectivity index (χ3v) is 1.88. The molecule has 0 aliphatic heterocycles. The van der Waals surface area contributed by atoms with Gasteiger partial charge in [-0.3, -0.25) is 4.79 Å². The van der Waals surface area contributed by atoms with E-state index < -0.39 is 0 Å². The average molecular weight is 193 g/mol. The van der Waals surface area contributed by atoms with Gasteiger partial charge in [-0.2, -0.15) is 0 Å². The van der Waals surface area contributed by atoms with Crippen LogP contribution in [0.15, 0.2) is 18.2 Å². The van der Waals surface area contributed by atoms with Gasteiger partial charge in [-0.1, -0.05) is 26.0 Å². The van der Waals surface area contributed by atoms with E-state index in [2.05, 4.69) is 5.32 Å². The van der Waals surface area contributed by atoms with Crippen LogP contribution < -0.4 is 5.32 Å². The summed E-state index contributed by atoms with van der Waals surface area (Å²) in [4.78, 5) is 10.5. The predicted octanol–water partition coefficient (Wildman–Crippen LogP) is 2.55. The zero-order valence-corrected chi connectivity index (χ0v) is 9.42. The number of aldehydes is 1. The number of aryl methyl sites for hydroxylation is 1. The van der Waals surface area contributed by atoms with Gasteiger partial charge in [0.2, 0.25) is 0 Å². The molecule has 0 fully saturated rings. The van der Waals surface area contributed by atoms with Gasteiger partial charge in [0.05, 0.1) is 0 Å². The third-order valence-electron chi connectivity index (χ3n) is 1.88. The maximum Gasteiger partial charge on any atom is 0.150 e. The van der Waals surface area contributed by atoms with Gasteiger partial charge in [0.15, 0.2) is 0 Å². The first-order valence-electron chi connectivity index (χ1n) is 4.97. The largest absolute Gasteiger partial charge is 0.316 e. The van der Waals surface area contributed by atoms with Crippen molar-refractivity contribution in [1.29, 1.82) is 0 Å². The monoisotopic (exact) mass is 193 g/mol. The normalized spacial score (nSPS) is 8.86. The second-order valence-electron chi connectivity index (χ2n) is 2.83. The Kier molecular flexibility index (Phi) is 6.68. The minimum Gasteiger partial charge on any atom is -0.316 e. The molecule has 14 heavy (non-hydrogen) atoms. The van der Waals surface area contributed by atoms with Crippen molar-refractivity contribution in [3.63, 3.8) is 0 Å². The molecule has 1 aromatic carbocycles. The lowest BCUT2D eigenvalue weighted by Gasteiger charge is -2.04. The SMILES string of the molecule is CC.CNCc1cc(C=O)ccc1C. The second-order valence-corrected chi connectivity index (χ2v) is 2.83. The summed E-state index contributed by atoms with van der Waals surface area (Å²) in [7, 11) is 1.90. The van der Waals surface area contributed by atoms with Gasteiger partial charge in [0.25, 0.3) is 0 Å². The summed E-state index contributed by atoms with van der Waals surface area (Å²) in [5, 5.41) is 3.06. The maximum atomic E-state index is 10.5. The van der Waals surface area contributed by atoms with E-state index in [0.29, 0.717) is 0 Å². The first-order chi connectivity index (χ1) is 6.77. The maximum absolute atomic E-state index is 10.5. The average Bonchev–Trinajstić information content (AvgIpc) is 2.24. The smallest absolute Gasteiger partial charge is 0.150 e. The molecular formula is C12H19NO. The molecule has 78 valence electrons. The van der Waals surface area contributed by atoms with Crippen molar-refractivity contribution in [2.45, 2.75) is 27.3 Å².